The maximum atomic E-state index is 12.3. The van der Waals surface area contributed by atoms with Gasteiger partial charge in [-0.25, -0.2) is 0 Å². The third-order valence-electron chi connectivity index (χ3n) is 4.15. The molecular formula is C19H20ClN3O. The number of rotatable bonds is 3. The minimum Gasteiger partial charge on any atom is -0.398 e. The molecule has 0 bridgehead atoms. The average molecular weight is 342 g/mol. The fourth-order valence-electron chi connectivity index (χ4n) is 2.76. The zero-order chi connectivity index (χ0) is 16.9. The first-order valence-corrected chi connectivity index (χ1v) is 8.33. The fourth-order valence-corrected chi connectivity index (χ4v) is 2.88. The van der Waals surface area contributed by atoms with E-state index in [9.17, 15) is 4.79 Å². The van der Waals surface area contributed by atoms with Crippen molar-refractivity contribution >= 4 is 35.0 Å². The number of benzene rings is 2. The number of hydrogen-bond donors (Lipinski definition) is 1. The Morgan fingerprint density at radius 1 is 1.04 bits per heavy atom. The van der Waals surface area contributed by atoms with Gasteiger partial charge >= 0.3 is 0 Å². The molecule has 0 saturated carbocycles. The van der Waals surface area contributed by atoms with Gasteiger partial charge in [0.25, 0.3) is 0 Å². The maximum Gasteiger partial charge on any atom is 0.246 e. The van der Waals surface area contributed by atoms with Crippen molar-refractivity contribution < 1.29 is 4.79 Å². The molecule has 2 aromatic carbocycles. The molecule has 0 aromatic heterocycles. The monoisotopic (exact) mass is 341 g/mol. The SMILES string of the molecule is Nc1cc(/C=C/C(=O)N2CCN(c3ccccc3)CC2)ccc1Cl. The van der Waals surface area contributed by atoms with Crippen molar-refractivity contribution in [1.82, 2.24) is 4.90 Å². The molecule has 0 atom stereocenters. The van der Waals surface area contributed by atoms with Crippen molar-refractivity contribution in [2.24, 2.45) is 0 Å². The average Bonchev–Trinajstić information content (AvgIpc) is 2.63. The summed E-state index contributed by atoms with van der Waals surface area (Å²) in [5, 5.41) is 0.524. The summed E-state index contributed by atoms with van der Waals surface area (Å²) in [4.78, 5) is 16.5. The van der Waals surface area contributed by atoms with Crippen LogP contribution in [0.4, 0.5) is 11.4 Å². The molecule has 1 fully saturated rings. The number of nitrogens with zero attached hydrogens (tertiary/aromatic N) is 2. The Labute approximate surface area is 147 Å². The Morgan fingerprint density at radius 2 is 1.75 bits per heavy atom. The van der Waals surface area contributed by atoms with E-state index in [1.54, 1.807) is 24.3 Å². The summed E-state index contributed by atoms with van der Waals surface area (Å²) in [5.41, 5.74) is 8.36. The summed E-state index contributed by atoms with van der Waals surface area (Å²) < 4.78 is 0. The van der Waals surface area contributed by atoms with Gasteiger partial charge in [0.05, 0.1) is 10.7 Å². The van der Waals surface area contributed by atoms with E-state index in [0.29, 0.717) is 10.7 Å². The van der Waals surface area contributed by atoms with Crippen LogP contribution in [0, 0.1) is 0 Å². The van der Waals surface area contributed by atoms with Gasteiger partial charge in [0.2, 0.25) is 5.91 Å². The van der Waals surface area contributed by atoms with E-state index in [1.165, 1.54) is 5.69 Å². The minimum atomic E-state index is 0.0243. The van der Waals surface area contributed by atoms with E-state index in [1.807, 2.05) is 29.2 Å². The summed E-state index contributed by atoms with van der Waals surface area (Å²) in [6.07, 6.45) is 3.37. The van der Waals surface area contributed by atoms with Crippen molar-refractivity contribution in [3.63, 3.8) is 0 Å². The molecule has 3 rings (SSSR count). The van der Waals surface area contributed by atoms with Crippen molar-refractivity contribution in [3.8, 4) is 0 Å². The number of amides is 1. The Bertz CT molecular complexity index is 738. The molecule has 24 heavy (non-hydrogen) atoms. The van der Waals surface area contributed by atoms with Crippen LogP contribution in [0.3, 0.4) is 0 Å². The zero-order valence-electron chi connectivity index (χ0n) is 13.4. The molecule has 1 heterocycles. The lowest BCUT2D eigenvalue weighted by molar-refractivity contribution is -0.126. The van der Waals surface area contributed by atoms with Gasteiger partial charge < -0.3 is 15.5 Å². The second kappa shape index (κ2) is 7.41. The van der Waals surface area contributed by atoms with Crippen molar-refractivity contribution in [2.45, 2.75) is 0 Å². The summed E-state index contributed by atoms with van der Waals surface area (Å²) in [7, 11) is 0. The number of nitrogen functional groups attached to an aromatic ring is 1. The molecule has 0 spiro atoms. The quantitative estimate of drug-likeness (QED) is 0.688. The minimum absolute atomic E-state index is 0.0243. The first kappa shape index (κ1) is 16.4. The van der Waals surface area contributed by atoms with Gasteiger partial charge in [0.1, 0.15) is 0 Å². The normalized spacial score (nSPS) is 15.0. The summed E-state index contributed by atoms with van der Waals surface area (Å²) in [6, 6.07) is 15.6. The third kappa shape index (κ3) is 3.89. The van der Waals surface area contributed by atoms with Gasteiger partial charge in [-0.05, 0) is 35.9 Å². The highest BCUT2D eigenvalue weighted by molar-refractivity contribution is 6.33. The van der Waals surface area contributed by atoms with E-state index >= 15 is 0 Å². The van der Waals surface area contributed by atoms with Crippen molar-refractivity contribution in [2.75, 3.05) is 36.8 Å². The van der Waals surface area contributed by atoms with E-state index < -0.39 is 0 Å². The number of hydrogen-bond acceptors (Lipinski definition) is 3. The van der Waals surface area contributed by atoms with Gasteiger partial charge in [-0.1, -0.05) is 35.9 Å². The number of anilines is 2. The van der Waals surface area contributed by atoms with E-state index in [-0.39, 0.29) is 5.91 Å². The molecule has 0 aliphatic carbocycles. The van der Waals surface area contributed by atoms with E-state index in [4.69, 9.17) is 17.3 Å². The molecular weight excluding hydrogens is 322 g/mol. The zero-order valence-corrected chi connectivity index (χ0v) is 14.1. The second-order valence-corrected chi connectivity index (χ2v) is 6.17. The molecule has 0 unspecified atom stereocenters. The molecule has 1 amide bonds. The topological polar surface area (TPSA) is 49.6 Å². The third-order valence-corrected chi connectivity index (χ3v) is 4.50. The van der Waals surface area contributed by atoms with Crippen molar-refractivity contribution in [3.05, 3.63) is 65.2 Å². The molecule has 1 aliphatic heterocycles. The highest BCUT2D eigenvalue weighted by atomic mass is 35.5. The summed E-state index contributed by atoms with van der Waals surface area (Å²) in [5.74, 6) is 0.0243. The predicted molar refractivity (Wildman–Crippen MR) is 100 cm³/mol. The lowest BCUT2D eigenvalue weighted by atomic mass is 10.2. The maximum absolute atomic E-state index is 12.3. The van der Waals surface area contributed by atoms with Gasteiger partial charge in [-0.3, -0.25) is 4.79 Å². The van der Waals surface area contributed by atoms with Crippen molar-refractivity contribution in [1.29, 1.82) is 0 Å². The van der Waals surface area contributed by atoms with E-state index in [0.717, 1.165) is 31.7 Å². The van der Waals surface area contributed by atoms with Crippen LogP contribution < -0.4 is 10.6 Å². The Balaban J connectivity index is 1.57. The standard InChI is InChI=1S/C19H20ClN3O/c20-17-8-6-15(14-18(17)21)7-9-19(24)23-12-10-22(11-13-23)16-4-2-1-3-5-16/h1-9,14H,10-13,21H2/b9-7+. The number of carbonyl (C=O) groups is 1. The molecule has 2 N–H and O–H groups in total. The van der Waals surface area contributed by atoms with Gasteiger partial charge in [0, 0.05) is 37.9 Å². The summed E-state index contributed by atoms with van der Waals surface area (Å²) >= 11 is 5.90. The lowest BCUT2D eigenvalue weighted by Gasteiger charge is -2.35. The van der Waals surface area contributed by atoms with Crippen LogP contribution in [0.5, 0.6) is 0 Å². The molecule has 2 aromatic rings. The first-order valence-electron chi connectivity index (χ1n) is 7.95. The highest BCUT2D eigenvalue weighted by Crippen LogP contribution is 2.20. The molecule has 1 aliphatic rings. The van der Waals surface area contributed by atoms with Crippen LogP contribution in [0.1, 0.15) is 5.56 Å². The molecule has 124 valence electrons. The van der Waals surface area contributed by atoms with Gasteiger partial charge in [0.15, 0.2) is 0 Å². The van der Waals surface area contributed by atoms with Gasteiger partial charge in [-0.15, -0.1) is 0 Å². The predicted octanol–water partition coefficient (Wildman–Crippen LogP) is 3.28. The molecule has 5 heteroatoms. The van der Waals surface area contributed by atoms with Crippen LogP contribution in [-0.4, -0.2) is 37.0 Å². The molecule has 1 saturated heterocycles. The van der Waals surface area contributed by atoms with Crippen LogP contribution in [0.15, 0.2) is 54.6 Å². The Hall–Kier alpha value is -2.46. The number of para-hydroxylation sites is 1. The number of piperazine rings is 1. The van der Waals surface area contributed by atoms with E-state index in [2.05, 4.69) is 17.0 Å². The van der Waals surface area contributed by atoms with Crippen LogP contribution in [0.25, 0.3) is 6.08 Å². The molecule has 4 nitrogen and oxygen atoms in total. The largest absolute Gasteiger partial charge is 0.398 e. The Morgan fingerprint density at radius 3 is 2.42 bits per heavy atom. The number of carbonyl (C=O) groups excluding carboxylic acids is 1. The highest BCUT2D eigenvalue weighted by Gasteiger charge is 2.19. The van der Waals surface area contributed by atoms with Gasteiger partial charge in [-0.2, -0.15) is 0 Å². The number of halogens is 1. The number of nitrogens with two attached hydrogens (primary N) is 1. The van der Waals surface area contributed by atoms with Crippen LogP contribution >= 0.6 is 11.6 Å². The Kier molecular flexibility index (Phi) is 5.06. The first-order chi connectivity index (χ1) is 11.6. The molecule has 0 radical (unpaired) electrons. The summed E-state index contributed by atoms with van der Waals surface area (Å²) in [6.45, 7) is 3.14. The fraction of sp³-hybridized carbons (Fsp3) is 0.211. The van der Waals surface area contributed by atoms with Crippen LogP contribution in [-0.2, 0) is 4.79 Å². The smallest absolute Gasteiger partial charge is 0.246 e. The second-order valence-electron chi connectivity index (χ2n) is 5.76. The lowest BCUT2D eigenvalue weighted by Crippen LogP contribution is -2.48. The van der Waals surface area contributed by atoms with Crippen LogP contribution in [0.2, 0.25) is 5.02 Å².